The Kier molecular flexibility index (Phi) is 3.99. The van der Waals surface area contributed by atoms with Gasteiger partial charge in [0.2, 0.25) is 0 Å². The summed E-state index contributed by atoms with van der Waals surface area (Å²) in [7, 11) is 0. The average molecular weight is 349 g/mol. The number of nitrogens with one attached hydrogen (secondary N) is 1. The minimum atomic E-state index is -4.54. The Bertz CT molecular complexity index is 941. The van der Waals surface area contributed by atoms with Crippen LogP contribution in [0.5, 0.6) is 0 Å². The summed E-state index contributed by atoms with van der Waals surface area (Å²) < 4.78 is 39.7. The van der Waals surface area contributed by atoms with Gasteiger partial charge in [-0.1, -0.05) is 28.9 Å². The van der Waals surface area contributed by atoms with Gasteiger partial charge >= 0.3 is 6.18 Å². The van der Waals surface area contributed by atoms with Gasteiger partial charge in [-0.15, -0.1) is 5.10 Å². The van der Waals surface area contributed by atoms with E-state index >= 15 is 0 Å². The second-order valence-electron chi connectivity index (χ2n) is 4.95. The number of halogens is 4. The van der Waals surface area contributed by atoms with E-state index in [2.05, 4.69) is 15.4 Å². The number of aromatic amines is 1. The van der Waals surface area contributed by atoms with Crippen molar-refractivity contribution in [2.45, 2.75) is 6.18 Å². The van der Waals surface area contributed by atoms with E-state index in [1.54, 1.807) is 24.3 Å². The first-order valence-electron chi connectivity index (χ1n) is 6.68. The van der Waals surface area contributed by atoms with Crippen molar-refractivity contribution in [1.29, 1.82) is 5.26 Å². The summed E-state index contributed by atoms with van der Waals surface area (Å²) in [5.74, 6) is 0. The van der Waals surface area contributed by atoms with Crippen LogP contribution in [0, 0.1) is 11.3 Å². The highest BCUT2D eigenvalue weighted by Crippen LogP contribution is 2.36. The molecule has 0 unspecified atom stereocenters. The normalized spacial score (nSPS) is 11.3. The lowest BCUT2D eigenvalue weighted by atomic mass is 9.97. The molecule has 3 aromatic rings. The largest absolute Gasteiger partial charge is 0.416 e. The van der Waals surface area contributed by atoms with E-state index in [9.17, 15) is 13.2 Å². The third-order valence-corrected chi connectivity index (χ3v) is 3.59. The predicted molar refractivity (Wildman–Crippen MR) is 82.0 cm³/mol. The minimum absolute atomic E-state index is 0.00799. The van der Waals surface area contributed by atoms with Crippen molar-refractivity contribution in [1.82, 2.24) is 15.4 Å². The third-order valence-electron chi connectivity index (χ3n) is 3.35. The molecule has 4 nitrogen and oxygen atoms in total. The zero-order valence-corrected chi connectivity index (χ0v) is 12.7. The summed E-state index contributed by atoms with van der Waals surface area (Å²) in [5, 5.41) is 19.0. The highest BCUT2D eigenvalue weighted by Gasteiger charge is 2.32. The van der Waals surface area contributed by atoms with Crippen LogP contribution in [0.15, 0.2) is 42.5 Å². The van der Waals surface area contributed by atoms with Gasteiger partial charge in [-0.2, -0.15) is 18.4 Å². The number of hydrogen-bond acceptors (Lipinski definition) is 3. The third kappa shape index (κ3) is 3.09. The van der Waals surface area contributed by atoms with Gasteiger partial charge in [0.1, 0.15) is 11.8 Å². The first kappa shape index (κ1) is 16.0. The lowest BCUT2D eigenvalue weighted by Crippen LogP contribution is -2.05. The van der Waals surface area contributed by atoms with E-state index < -0.39 is 11.7 Å². The molecule has 0 bridgehead atoms. The van der Waals surface area contributed by atoms with E-state index in [1.807, 2.05) is 6.07 Å². The van der Waals surface area contributed by atoms with Gasteiger partial charge in [-0.25, -0.2) is 5.10 Å². The molecule has 0 aliphatic rings. The maximum absolute atomic E-state index is 13.2. The first-order chi connectivity index (χ1) is 11.4. The number of nitriles is 1. The van der Waals surface area contributed by atoms with Crippen LogP contribution >= 0.6 is 11.6 Å². The summed E-state index contributed by atoms with van der Waals surface area (Å²) in [5.41, 5.74) is 0.191. The number of rotatable bonds is 2. The molecular weight excluding hydrogens is 341 g/mol. The molecule has 1 heterocycles. The quantitative estimate of drug-likeness (QED) is 0.731. The Hall–Kier alpha value is -2.85. The van der Waals surface area contributed by atoms with Crippen LogP contribution < -0.4 is 0 Å². The standard InChI is InChI=1S/C16H8ClF3N4/c17-13-3-1-2-9(7-13)10-4-11(6-12(5-10)16(18,19)20)15-14(8-21)22-24-23-15/h1-7H,(H,22,23,24). The molecular formula is C16H8ClF3N4. The molecule has 0 amide bonds. The molecule has 3 rings (SSSR count). The SMILES string of the molecule is N#Cc1[nH]nnc1-c1cc(-c2cccc(Cl)c2)cc(C(F)(F)F)c1. The van der Waals surface area contributed by atoms with Gasteiger partial charge in [-0.05, 0) is 41.5 Å². The molecule has 1 N–H and O–H groups in total. The second kappa shape index (κ2) is 5.98. The molecule has 0 atom stereocenters. The molecule has 0 spiro atoms. The topological polar surface area (TPSA) is 65.4 Å². The zero-order chi connectivity index (χ0) is 17.3. The van der Waals surface area contributed by atoms with Crippen molar-refractivity contribution < 1.29 is 13.2 Å². The fourth-order valence-electron chi connectivity index (χ4n) is 2.27. The van der Waals surface area contributed by atoms with Crippen LogP contribution in [-0.2, 0) is 6.18 Å². The van der Waals surface area contributed by atoms with E-state index in [1.165, 1.54) is 6.07 Å². The van der Waals surface area contributed by atoms with Crippen molar-refractivity contribution >= 4 is 11.6 Å². The van der Waals surface area contributed by atoms with Crippen LogP contribution in [0.4, 0.5) is 13.2 Å². The van der Waals surface area contributed by atoms with Crippen molar-refractivity contribution in [2.24, 2.45) is 0 Å². The predicted octanol–water partition coefficient (Wildman–Crippen LogP) is 4.68. The Morgan fingerprint density at radius 3 is 2.46 bits per heavy atom. The molecule has 0 saturated heterocycles. The molecule has 1 aromatic heterocycles. The molecule has 2 aromatic carbocycles. The summed E-state index contributed by atoms with van der Waals surface area (Å²) in [6, 6.07) is 11.8. The lowest BCUT2D eigenvalue weighted by molar-refractivity contribution is -0.137. The van der Waals surface area contributed by atoms with Gasteiger partial charge in [0.15, 0.2) is 5.69 Å². The van der Waals surface area contributed by atoms with E-state index in [0.29, 0.717) is 16.1 Å². The molecule has 0 radical (unpaired) electrons. The van der Waals surface area contributed by atoms with Crippen LogP contribution in [0.2, 0.25) is 5.02 Å². The maximum atomic E-state index is 13.2. The van der Waals surface area contributed by atoms with Crippen LogP contribution in [0.1, 0.15) is 11.3 Å². The summed E-state index contributed by atoms with van der Waals surface area (Å²) >= 11 is 5.92. The summed E-state index contributed by atoms with van der Waals surface area (Å²) in [6.45, 7) is 0. The molecule has 120 valence electrons. The van der Waals surface area contributed by atoms with Crippen LogP contribution in [0.3, 0.4) is 0 Å². The molecule has 0 aliphatic heterocycles. The number of hydrogen-bond donors (Lipinski definition) is 1. The maximum Gasteiger partial charge on any atom is 0.416 e. The Labute approximate surface area is 139 Å². The number of H-pyrrole nitrogens is 1. The fraction of sp³-hybridized carbons (Fsp3) is 0.0625. The van der Waals surface area contributed by atoms with Gasteiger partial charge in [-0.3, -0.25) is 0 Å². The Morgan fingerprint density at radius 2 is 1.79 bits per heavy atom. The summed E-state index contributed by atoms with van der Waals surface area (Å²) in [4.78, 5) is 0. The minimum Gasteiger partial charge on any atom is -0.247 e. The van der Waals surface area contributed by atoms with Gasteiger partial charge < -0.3 is 0 Å². The van der Waals surface area contributed by atoms with Gasteiger partial charge in [0.25, 0.3) is 0 Å². The van der Waals surface area contributed by atoms with Crippen LogP contribution in [0.25, 0.3) is 22.4 Å². The molecule has 8 heteroatoms. The Balaban J connectivity index is 2.24. The van der Waals surface area contributed by atoms with Crippen LogP contribution in [-0.4, -0.2) is 15.4 Å². The van der Waals surface area contributed by atoms with E-state index in [-0.39, 0.29) is 17.0 Å². The number of benzene rings is 2. The highest BCUT2D eigenvalue weighted by molar-refractivity contribution is 6.30. The number of alkyl halides is 3. The van der Waals surface area contributed by atoms with Gasteiger partial charge in [0, 0.05) is 10.6 Å². The molecule has 0 fully saturated rings. The van der Waals surface area contributed by atoms with Crippen molar-refractivity contribution in [3.63, 3.8) is 0 Å². The Morgan fingerprint density at radius 1 is 1.04 bits per heavy atom. The molecule has 24 heavy (non-hydrogen) atoms. The molecule has 0 saturated carbocycles. The highest BCUT2D eigenvalue weighted by atomic mass is 35.5. The fourth-order valence-corrected chi connectivity index (χ4v) is 2.46. The smallest absolute Gasteiger partial charge is 0.247 e. The van der Waals surface area contributed by atoms with Crippen molar-refractivity contribution in [3.8, 4) is 28.5 Å². The zero-order valence-electron chi connectivity index (χ0n) is 11.9. The number of aromatic nitrogens is 3. The lowest BCUT2D eigenvalue weighted by Gasteiger charge is -2.12. The first-order valence-corrected chi connectivity index (χ1v) is 7.06. The summed E-state index contributed by atoms with van der Waals surface area (Å²) in [6.07, 6.45) is -4.54. The average Bonchev–Trinajstić information content (AvgIpc) is 3.02. The second-order valence-corrected chi connectivity index (χ2v) is 5.39. The molecule has 0 aliphatic carbocycles. The van der Waals surface area contributed by atoms with E-state index in [0.717, 1.165) is 12.1 Å². The monoisotopic (exact) mass is 348 g/mol. The van der Waals surface area contributed by atoms with Crippen molar-refractivity contribution in [3.05, 3.63) is 58.7 Å². The van der Waals surface area contributed by atoms with Crippen molar-refractivity contribution in [2.75, 3.05) is 0 Å². The number of nitrogens with zero attached hydrogens (tertiary/aromatic N) is 3. The van der Waals surface area contributed by atoms with E-state index in [4.69, 9.17) is 16.9 Å². The van der Waals surface area contributed by atoms with Gasteiger partial charge in [0.05, 0.1) is 5.56 Å².